The van der Waals surface area contributed by atoms with E-state index in [0.717, 1.165) is 12.8 Å². The maximum absolute atomic E-state index is 11.6. The van der Waals surface area contributed by atoms with Crippen LogP contribution in [0, 0.1) is 11.8 Å². The lowest BCUT2D eigenvalue weighted by Crippen LogP contribution is -2.32. The van der Waals surface area contributed by atoms with Crippen LogP contribution in [-0.4, -0.2) is 11.9 Å². The van der Waals surface area contributed by atoms with E-state index in [2.05, 4.69) is 26.1 Å². The predicted octanol–water partition coefficient (Wildman–Crippen LogP) is 2.34. The van der Waals surface area contributed by atoms with E-state index in [1.807, 2.05) is 0 Å². The minimum Gasteiger partial charge on any atom is -0.353 e. The van der Waals surface area contributed by atoms with Crippen LogP contribution in [0.25, 0.3) is 0 Å². The van der Waals surface area contributed by atoms with Crippen LogP contribution in [0.1, 0.15) is 46.5 Å². The summed E-state index contributed by atoms with van der Waals surface area (Å²) >= 11 is 0. The van der Waals surface area contributed by atoms with Gasteiger partial charge in [0.1, 0.15) is 0 Å². The van der Waals surface area contributed by atoms with Gasteiger partial charge in [0.15, 0.2) is 0 Å². The number of nitrogens with one attached hydrogen (secondary N) is 1. The molecule has 1 saturated carbocycles. The molecular weight excluding hydrogens is 162 g/mol. The molecule has 2 nitrogen and oxygen atoms in total. The summed E-state index contributed by atoms with van der Waals surface area (Å²) in [5.41, 5.74) is 0. The Morgan fingerprint density at radius 1 is 1.46 bits per heavy atom. The van der Waals surface area contributed by atoms with Gasteiger partial charge in [-0.1, -0.05) is 20.8 Å². The smallest absolute Gasteiger partial charge is 0.223 e. The second kappa shape index (κ2) is 4.64. The van der Waals surface area contributed by atoms with Crippen LogP contribution >= 0.6 is 0 Å². The first-order valence-corrected chi connectivity index (χ1v) is 5.43. The van der Waals surface area contributed by atoms with Crippen molar-refractivity contribution in [3.8, 4) is 0 Å². The third-order valence-electron chi connectivity index (χ3n) is 2.54. The molecule has 1 aliphatic rings. The van der Waals surface area contributed by atoms with Crippen molar-refractivity contribution in [3.63, 3.8) is 0 Å². The topological polar surface area (TPSA) is 29.1 Å². The van der Waals surface area contributed by atoms with Crippen LogP contribution in [-0.2, 0) is 4.79 Å². The number of carbonyl (C=O) groups is 1. The van der Waals surface area contributed by atoms with Gasteiger partial charge in [-0.25, -0.2) is 0 Å². The van der Waals surface area contributed by atoms with Crippen molar-refractivity contribution in [1.82, 2.24) is 5.32 Å². The summed E-state index contributed by atoms with van der Waals surface area (Å²) in [6, 6.07) is 0.508. The number of amides is 1. The fourth-order valence-corrected chi connectivity index (χ4v) is 1.57. The lowest BCUT2D eigenvalue weighted by molar-refractivity contribution is -0.125. The van der Waals surface area contributed by atoms with Crippen LogP contribution in [0.2, 0.25) is 0 Å². The molecule has 0 bridgehead atoms. The minimum absolute atomic E-state index is 0.237. The standard InChI is InChI=1S/C11H21NO/c1-4-9(7-8(2)3)11(13)12-10-5-6-10/h8-10H,4-7H2,1-3H3,(H,12,13). The van der Waals surface area contributed by atoms with Crippen LogP contribution in [0.15, 0.2) is 0 Å². The first kappa shape index (κ1) is 10.6. The van der Waals surface area contributed by atoms with Crippen LogP contribution in [0.5, 0.6) is 0 Å². The zero-order chi connectivity index (χ0) is 9.84. The van der Waals surface area contributed by atoms with Crippen molar-refractivity contribution in [1.29, 1.82) is 0 Å². The molecule has 0 radical (unpaired) electrons. The summed E-state index contributed by atoms with van der Waals surface area (Å²) in [5.74, 6) is 1.13. The van der Waals surface area contributed by atoms with Gasteiger partial charge in [0.2, 0.25) is 5.91 Å². The van der Waals surface area contributed by atoms with E-state index in [0.29, 0.717) is 12.0 Å². The van der Waals surface area contributed by atoms with Crippen molar-refractivity contribution in [3.05, 3.63) is 0 Å². The second-order valence-electron chi connectivity index (χ2n) is 4.52. The highest BCUT2D eigenvalue weighted by atomic mass is 16.2. The van der Waals surface area contributed by atoms with E-state index < -0.39 is 0 Å². The number of carbonyl (C=O) groups excluding carboxylic acids is 1. The minimum atomic E-state index is 0.237. The lowest BCUT2D eigenvalue weighted by Gasteiger charge is -2.16. The first-order chi connectivity index (χ1) is 6.13. The molecule has 76 valence electrons. The van der Waals surface area contributed by atoms with Gasteiger partial charge in [-0.05, 0) is 31.6 Å². The predicted molar refractivity (Wildman–Crippen MR) is 54.4 cm³/mol. The Kier molecular flexibility index (Phi) is 3.76. The Balaban J connectivity index is 2.30. The zero-order valence-electron chi connectivity index (χ0n) is 8.97. The van der Waals surface area contributed by atoms with Crippen molar-refractivity contribution in [2.24, 2.45) is 11.8 Å². The Morgan fingerprint density at radius 2 is 2.08 bits per heavy atom. The normalized spacial score (nSPS) is 18.8. The van der Waals surface area contributed by atoms with Crippen molar-refractivity contribution in [2.75, 3.05) is 0 Å². The molecule has 0 aliphatic heterocycles. The van der Waals surface area contributed by atoms with Gasteiger partial charge in [0.25, 0.3) is 0 Å². The quantitative estimate of drug-likeness (QED) is 0.696. The van der Waals surface area contributed by atoms with E-state index in [-0.39, 0.29) is 11.8 Å². The molecule has 0 aromatic rings. The molecule has 0 aromatic carbocycles. The summed E-state index contributed by atoms with van der Waals surface area (Å²) in [4.78, 5) is 11.6. The average molecular weight is 183 g/mol. The Labute approximate surface area is 81.1 Å². The summed E-state index contributed by atoms with van der Waals surface area (Å²) in [5, 5.41) is 3.07. The highest BCUT2D eigenvalue weighted by Gasteiger charge is 2.26. The number of rotatable bonds is 5. The maximum atomic E-state index is 11.6. The van der Waals surface area contributed by atoms with Crippen molar-refractivity contribution in [2.45, 2.75) is 52.5 Å². The maximum Gasteiger partial charge on any atom is 0.223 e. The molecule has 1 fully saturated rings. The summed E-state index contributed by atoms with van der Waals surface area (Å²) in [6.07, 6.45) is 4.36. The van der Waals surface area contributed by atoms with Crippen LogP contribution in [0.3, 0.4) is 0 Å². The molecule has 1 aliphatic carbocycles. The third-order valence-corrected chi connectivity index (χ3v) is 2.54. The molecular formula is C11H21NO. The molecule has 1 atom stereocenters. The van der Waals surface area contributed by atoms with Gasteiger partial charge in [0, 0.05) is 12.0 Å². The first-order valence-electron chi connectivity index (χ1n) is 5.43. The van der Waals surface area contributed by atoms with E-state index >= 15 is 0 Å². The molecule has 2 heteroatoms. The van der Waals surface area contributed by atoms with Gasteiger partial charge in [-0.3, -0.25) is 4.79 Å². The third kappa shape index (κ3) is 3.79. The van der Waals surface area contributed by atoms with E-state index in [4.69, 9.17) is 0 Å². The summed E-state index contributed by atoms with van der Waals surface area (Å²) in [7, 11) is 0. The fraction of sp³-hybridized carbons (Fsp3) is 0.909. The van der Waals surface area contributed by atoms with Crippen LogP contribution < -0.4 is 5.32 Å². The number of hydrogen-bond donors (Lipinski definition) is 1. The van der Waals surface area contributed by atoms with E-state index in [9.17, 15) is 4.79 Å². The Bertz CT molecular complexity index is 173. The van der Waals surface area contributed by atoms with Crippen LogP contribution in [0.4, 0.5) is 0 Å². The summed E-state index contributed by atoms with van der Waals surface area (Å²) < 4.78 is 0. The number of hydrogen-bond acceptors (Lipinski definition) is 1. The molecule has 0 heterocycles. The van der Waals surface area contributed by atoms with Crippen molar-refractivity contribution < 1.29 is 4.79 Å². The lowest BCUT2D eigenvalue weighted by atomic mass is 9.94. The van der Waals surface area contributed by atoms with Gasteiger partial charge in [-0.15, -0.1) is 0 Å². The highest BCUT2D eigenvalue weighted by Crippen LogP contribution is 2.21. The van der Waals surface area contributed by atoms with Crippen molar-refractivity contribution >= 4 is 5.91 Å². The van der Waals surface area contributed by atoms with Gasteiger partial charge in [-0.2, -0.15) is 0 Å². The van der Waals surface area contributed by atoms with E-state index in [1.54, 1.807) is 0 Å². The Hall–Kier alpha value is -0.530. The fourth-order valence-electron chi connectivity index (χ4n) is 1.57. The second-order valence-corrected chi connectivity index (χ2v) is 4.52. The Morgan fingerprint density at radius 3 is 2.46 bits per heavy atom. The molecule has 13 heavy (non-hydrogen) atoms. The van der Waals surface area contributed by atoms with Gasteiger partial charge >= 0.3 is 0 Å². The SMILES string of the molecule is CCC(CC(C)C)C(=O)NC1CC1. The molecule has 0 saturated heterocycles. The largest absolute Gasteiger partial charge is 0.353 e. The zero-order valence-corrected chi connectivity index (χ0v) is 8.97. The molecule has 1 N–H and O–H groups in total. The highest BCUT2D eigenvalue weighted by molar-refractivity contribution is 5.79. The molecule has 1 rings (SSSR count). The molecule has 1 unspecified atom stereocenters. The molecule has 0 spiro atoms. The monoisotopic (exact) mass is 183 g/mol. The van der Waals surface area contributed by atoms with Gasteiger partial charge < -0.3 is 5.32 Å². The molecule has 1 amide bonds. The molecule has 0 aromatic heterocycles. The van der Waals surface area contributed by atoms with Gasteiger partial charge in [0.05, 0.1) is 0 Å². The summed E-state index contributed by atoms with van der Waals surface area (Å²) in [6.45, 7) is 6.44. The average Bonchev–Trinajstić information content (AvgIpc) is 2.83. The van der Waals surface area contributed by atoms with E-state index in [1.165, 1.54) is 12.8 Å².